The zero-order valence-electron chi connectivity index (χ0n) is 8.12. The molecule has 0 saturated heterocycles. The molecule has 0 unspecified atom stereocenters. The van der Waals surface area contributed by atoms with Crippen molar-refractivity contribution in [2.45, 2.75) is 25.8 Å². The fourth-order valence-corrected chi connectivity index (χ4v) is 1.22. The molecule has 76 valence electrons. The van der Waals surface area contributed by atoms with E-state index in [9.17, 15) is 4.79 Å². The van der Waals surface area contributed by atoms with Gasteiger partial charge < -0.3 is 15.2 Å². The number of nitrogens with zero attached hydrogens (tertiary/aromatic N) is 1. The number of rotatable bonds is 4. The van der Waals surface area contributed by atoms with Crippen LogP contribution in [0, 0.1) is 6.92 Å². The zero-order valence-corrected chi connectivity index (χ0v) is 8.12. The van der Waals surface area contributed by atoms with Gasteiger partial charge in [-0.05, 0) is 6.92 Å². The molecule has 1 aliphatic carbocycles. The Kier molecular flexibility index (Phi) is 2.49. The third-order valence-electron chi connectivity index (χ3n) is 2.15. The van der Waals surface area contributed by atoms with Crippen LogP contribution in [0.4, 0.5) is 5.82 Å². The summed E-state index contributed by atoms with van der Waals surface area (Å²) < 4.78 is 4.83. The van der Waals surface area contributed by atoms with E-state index in [1.54, 1.807) is 13.0 Å². The van der Waals surface area contributed by atoms with Crippen molar-refractivity contribution in [2.24, 2.45) is 0 Å². The van der Waals surface area contributed by atoms with Gasteiger partial charge in [0.25, 0.3) is 5.91 Å². The molecule has 1 amide bonds. The van der Waals surface area contributed by atoms with E-state index in [-0.39, 0.29) is 5.91 Å². The fraction of sp³-hybridized carbons (Fsp3) is 0.556. The maximum atomic E-state index is 11.3. The highest BCUT2D eigenvalue weighted by Crippen LogP contribution is 2.13. The second kappa shape index (κ2) is 3.79. The second-order valence-corrected chi connectivity index (χ2v) is 3.65. The van der Waals surface area contributed by atoms with Crippen molar-refractivity contribution in [3.63, 3.8) is 0 Å². The van der Waals surface area contributed by atoms with Crippen LogP contribution in [0.3, 0.4) is 0 Å². The van der Waals surface area contributed by atoms with Gasteiger partial charge in [-0.15, -0.1) is 0 Å². The van der Waals surface area contributed by atoms with E-state index in [2.05, 4.69) is 15.8 Å². The molecule has 1 aromatic rings. The molecule has 0 atom stereocenters. The summed E-state index contributed by atoms with van der Waals surface area (Å²) in [7, 11) is 0. The van der Waals surface area contributed by atoms with Crippen LogP contribution in [0.5, 0.6) is 0 Å². The molecule has 0 aromatic carbocycles. The van der Waals surface area contributed by atoms with Gasteiger partial charge in [-0.3, -0.25) is 4.79 Å². The number of quaternary nitrogens is 1. The van der Waals surface area contributed by atoms with E-state index in [1.165, 1.54) is 12.8 Å². The Morgan fingerprint density at radius 3 is 3.14 bits per heavy atom. The number of aromatic nitrogens is 1. The van der Waals surface area contributed by atoms with Crippen LogP contribution >= 0.6 is 0 Å². The summed E-state index contributed by atoms with van der Waals surface area (Å²) in [5.74, 6) is 1.17. The molecule has 0 aliphatic heterocycles. The quantitative estimate of drug-likeness (QED) is 0.691. The molecule has 0 spiro atoms. The molecule has 0 radical (unpaired) electrons. The molecule has 3 N–H and O–H groups in total. The zero-order chi connectivity index (χ0) is 9.97. The maximum absolute atomic E-state index is 11.3. The van der Waals surface area contributed by atoms with Gasteiger partial charge in [0, 0.05) is 18.9 Å². The number of nitrogens with two attached hydrogens (primary N) is 1. The summed E-state index contributed by atoms with van der Waals surface area (Å²) in [6, 6.07) is 2.37. The second-order valence-electron chi connectivity index (χ2n) is 3.65. The smallest absolute Gasteiger partial charge is 0.280 e. The Morgan fingerprint density at radius 1 is 1.79 bits per heavy atom. The van der Waals surface area contributed by atoms with E-state index in [4.69, 9.17) is 4.52 Å². The average Bonchev–Trinajstić information content (AvgIpc) is 2.88. The van der Waals surface area contributed by atoms with Gasteiger partial charge in [-0.2, -0.15) is 0 Å². The number of anilines is 1. The van der Waals surface area contributed by atoms with Gasteiger partial charge in [0.05, 0.1) is 6.04 Å². The fourth-order valence-electron chi connectivity index (χ4n) is 1.22. The molecule has 1 aromatic heterocycles. The normalized spacial score (nSPS) is 15.5. The Balaban J connectivity index is 1.75. The molecular weight excluding hydrogens is 182 g/mol. The monoisotopic (exact) mass is 196 g/mol. The van der Waals surface area contributed by atoms with Crippen LogP contribution in [-0.2, 0) is 4.79 Å². The number of nitrogens with one attached hydrogen (secondary N) is 1. The predicted molar refractivity (Wildman–Crippen MR) is 49.7 cm³/mol. The Morgan fingerprint density at radius 2 is 2.57 bits per heavy atom. The van der Waals surface area contributed by atoms with Crippen LogP contribution < -0.4 is 10.6 Å². The van der Waals surface area contributed by atoms with Crippen LogP contribution in [0.25, 0.3) is 0 Å². The van der Waals surface area contributed by atoms with Gasteiger partial charge >= 0.3 is 0 Å². The van der Waals surface area contributed by atoms with Gasteiger partial charge in [-0.25, -0.2) is 0 Å². The lowest BCUT2D eigenvalue weighted by molar-refractivity contribution is -0.657. The molecule has 1 aliphatic rings. The number of aryl methyl sites for hydroxylation is 1. The molecule has 0 bridgehead atoms. The summed E-state index contributed by atoms with van der Waals surface area (Å²) in [5.41, 5.74) is 0. The van der Waals surface area contributed by atoms with E-state index in [1.807, 2.05) is 0 Å². The van der Waals surface area contributed by atoms with Crippen molar-refractivity contribution < 1.29 is 14.6 Å². The summed E-state index contributed by atoms with van der Waals surface area (Å²) in [4.78, 5) is 11.3. The minimum atomic E-state index is -0.0230. The lowest BCUT2D eigenvalue weighted by atomic mass is 10.4. The van der Waals surface area contributed by atoms with Crippen LogP contribution in [0.2, 0.25) is 0 Å². The third kappa shape index (κ3) is 2.56. The summed E-state index contributed by atoms with van der Waals surface area (Å²) in [6.45, 7) is 2.26. The minimum Gasteiger partial charge on any atom is -0.360 e. The highest BCUT2D eigenvalue weighted by atomic mass is 16.5. The highest BCUT2D eigenvalue weighted by molar-refractivity contribution is 5.90. The van der Waals surface area contributed by atoms with Gasteiger partial charge in [-0.1, -0.05) is 5.16 Å². The Labute approximate surface area is 81.8 Å². The first-order valence-corrected chi connectivity index (χ1v) is 4.80. The van der Waals surface area contributed by atoms with Gasteiger partial charge in [0.2, 0.25) is 0 Å². The minimum absolute atomic E-state index is 0.0230. The van der Waals surface area contributed by atoms with Crippen molar-refractivity contribution in [3.8, 4) is 0 Å². The summed E-state index contributed by atoms with van der Waals surface area (Å²) in [5, 5.41) is 8.41. The van der Waals surface area contributed by atoms with E-state index >= 15 is 0 Å². The van der Waals surface area contributed by atoms with Gasteiger partial charge in [0.15, 0.2) is 12.4 Å². The van der Waals surface area contributed by atoms with Crippen molar-refractivity contribution in [1.29, 1.82) is 0 Å². The van der Waals surface area contributed by atoms with E-state index < -0.39 is 0 Å². The van der Waals surface area contributed by atoms with Crippen molar-refractivity contribution in [1.82, 2.24) is 5.16 Å². The first-order valence-electron chi connectivity index (χ1n) is 4.80. The lowest BCUT2D eigenvalue weighted by Crippen LogP contribution is -2.87. The number of carbonyl (C=O) groups is 1. The number of hydrogen-bond donors (Lipinski definition) is 2. The van der Waals surface area contributed by atoms with Crippen LogP contribution in [-0.4, -0.2) is 23.7 Å². The number of hydrogen-bond acceptors (Lipinski definition) is 3. The summed E-state index contributed by atoms with van der Waals surface area (Å²) >= 11 is 0. The molecule has 5 heteroatoms. The van der Waals surface area contributed by atoms with E-state index in [0.29, 0.717) is 24.2 Å². The molecule has 14 heavy (non-hydrogen) atoms. The molecule has 5 nitrogen and oxygen atoms in total. The standard InChI is InChI=1S/C9H13N3O2/c1-6-4-8(12-14-6)11-9(13)5-10-7-2-3-7/h4,7,10H,2-3,5H2,1H3,(H,11,12,13)/p+1. The number of carbonyl (C=O) groups excluding carboxylic acids is 1. The maximum Gasteiger partial charge on any atom is 0.280 e. The van der Waals surface area contributed by atoms with Crippen molar-refractivity contribution in [2.75, 3.05) is 11.9 Å². The van der Waals surface area contributed by atoms with Crippen LogP contribution in [0.1, 0.15) is 18.6 Å². The SMILES string of the molecule is Cc1cc(NC(=O)C[NH2+]C2CC2)no1. The van der Waals surface area contributed by atoms with E-state index in [0.717, 1.165) is 0 Å². The molecule has 1 fully saturated rings. The average molecular weight is 196 g/mol. The highest BCUT2D eigenvalue weighted by Gasteiger charge is 2.25. The molecule has 1 saturated carbocycles. The largest absolute Gasteiger partial charge is 0.360 e. The predicted octanol–water partition coefficient (Wildman–Crippen LogP) is -0.353. The molecule has 1 heterocycles. The third-order valence-corrected chi connectivity index (χ3v) is 2.15. The molecule has 2 rings (SSSR count). The van der Waals surface area contributed by atoms with Crippen molar-refractivity contribution in [3.05, 3.63) is 11.8 Å². The Bertz CT molecular complexity index is 331. The van der Waals surface area contributed by atoms with Crippen LogP contribution in [0.15, 0.2) is 10.6 Å². The molecular formula is C9H14N3O2+. The lowest BCUT2D eigenvalue weighted by Gasteiger charge is -1.99. The van der Waals surface area contributed by atoms with Gasteiger partial charge in [0.1, 0.15) is 5.76 Å². The first-order chi connectivity index (χ1) is 6.74. The number of amides is 1. The van der Waals surface area contributed by atoms with Crippen molar-refractivity contribution >= 4 is 11.7 Å². The Hall–Kier alpha value is -1.36. The first kappa shape index (κ1) is 9.21. The summed E-state index contributed by atoms with van der Waals surface area (Å²) in [6.07, 6.45) is 2.46. The topological polar surface area (TPSA) is 71.7 Å².